The van der Waals surface area contributed by atoms with Gasteiger partial charge in [0.05, 0.1) is 28.4 Å². The Kier molecular flexibility index (Phi) is 4.46. The Hall–Kier alpha value is -3.22. The molecule has 136 valence electrons. The summed E-state index contributed by atoms with van der Waals surface area (Å²) in [4.78, 5) is 24.8. The van der Waals surface area contributed by atoms with Gasteiger partial charge in [0.25, 0.3) is 5.91 Å². The molecule has 3 rings (SSSR count). The van der Waals surface area contributed by atoms with Crippen LogP contribution in [0.15, 0.2) is 41.2 Å². The zero-order chi connectivity index (χ0) is 19.0. The number of fused-ring (bicyclic) bond motifs is 1. The summed E-state index contributed by atoms with van der Waals surface area (Å²) in [6.07, 6.45) is -0.117. The SMILES string of the molecule is CC(C)Oc1cc2c(cc1NC(=O)c1ccccc1O)n(C)c(=O)n2C. The molecule has 7 nitrogen and oxygen atoms in total. The van der Waals surface area contributed by atoms with Crippen LogP contribution in [0.3, 0.4) is 0 Å². The number of para-hydroxylation sites is 1. The summed E-state index contributed by atoms with van der Waals surface area (Å²) in [7, 11) is 3.35. The van der Waals surface area contributed by atoms with Crippen molar-refractivity contribution in [3.8, 4) is 11.5 Å². The third-order valence-electron chi connectivity index (χ3n) is 4.13. The number of anilines is 1. The largest absolute Gasteiger partial charge is 0.507 e. The average molecular weight is 355 g/mol. The molecule has 7 heteroatoms. The van der Waals surface area contributed by atoms with Gasteiger partial charge in [0.1, 0.15) is 11.5 Å². The number of phenolic OH excluding ortho intramolecular Hbond substituents is 1. The molecule has 0 aliphatic carbocycles. The predicted octanol–water partition coefficient (Wildman–Crippen LogP) is 2.62. The van der Waals surface area contributed by atoms with Crippen molar-refractivity contribution >= 4 is 22.6 Å². The van der Waals surface area contributed by atoms with Crippen LogP contribution < -0.4 is 15.7 Å². The third kappa shape index (κ3) is 3.03. The van der Waals surface area contributed by atoms with Gasteiger partial charge >= 0.3 is 5.69 Å². The molecule has 1 heterocycles. The van der Waals surface area contributed by atoms with Crippen LogP contribution in [-0.4, -0.2) is 26.3 Å². The van der Waals surface area contributed by atoms with Gasteiger partial charge in [-0.15, -0.1) is 0 Å². The predicted molar refractivity (Wildman–Crippen MR) is 100.0 cm³/mol. The minimum atomic E-state index is -0.461. The third-order valence-corrected chi connectivity index (χ3v) is 4.13. The number of carbonyl (C=O) groups excluding carboxylic acids is 1. The van der Waals surface area contributed by atoms with Crippen molar-refractivity contribution in [2.45, 2.75) is 20.0 Å². The maximum atomic E-state index is 12.6. The summed E-state index contributed by atoms with van der Waals surface area (Å²) in [5.41, 5.74) is 1.79. The normalized spacial score (nSPS) is 11.1. The zero-order valence-electron chi connectivity index (χ0n) is 15.1. The highest BCUT2D eigenvalue weighted by molar-refractivity contribution is 6.07. The van der Waals surface area contributed by atoms with Crippen LogP contribution in [-0.2, 0) is 14.1 Å². The van der Waals surface area contributed by atoms with E-state index in [0.717, 1.165) is 0 Å². The Morgan fingerprint density at radius 3 is 2.35 bits per heavy atom. The molecule has 3 aromatic rings. The molecule has 1 amide bonds. The van der Waals surface area contributed by atoms with E-state index < -0.39 is 5.91 Å². The second-order valence-electron chi connectivity index (χ2n) is 6.38. The molecule has 1 aromatic heterocycles. The number of aryl methyl sites for hydroxylation is 2. The smallest absolute Gasteiger partial charge is 0.328 e. The molecule has 0 atom stereocenters. The number of ether oxygens (including phenoxy) is 1. The lowest BCUT2D eigenvalue weighted by Crippen LogP contribution is -2.19. The van der Waals surface area contributed by atoms with Crippen molar-refractivity contribution in [2.24, 2.45) is 14.1 Å². The molecule has 0 fully saturated rings. The minimum Gasteiger partial charge on any atom is -0.507 e. The van der Waals surface area contributed by atoms with Crippen LogP contribution in [0.4, 0.5) is 5.69 Å². The van der Waals surface area contributed by atoms with E-state index in [9.17, 15) is 14.7 Å². The van der Waals surface area contributed by atoms with E-state index in [1.807, 2.05) is 13.8 Å². The standard InChI is InChI=1S/C19H21N3O4/c1-11(2)26-17-10-15-14(21(3)19(25)22(15)4)9-13(17)20-18(24)12-7-5-6-8-16(12)23/h5-11,23H,1-4H3,(H,20,24). The van der Waals surface area contributed by atoms with Gasteiger partial charge in [-0.05, 0) is 32.0 Å². The van der Waals surface area contributed by atoms with E-state index in [2.05, 4.69) is 5.32 Å². The van der Waals surface area contributed by atoms with Gasteiger partial charge in [-0.3, -0.25) is 13.9 Å². The number of aromatic hydroxyl groups is 1. The Morgan fingerprint density at radius 2 is 1.73 bits per heavy atom. The lowest BCUT2D eigenvalue weighted by Gasteiger charge is -2.16. The maximum Gasteiger partial charge on any atom is 0.328 e. The Bertz CT molecular complexity index is 1050. The van der Waals surface area contributed by atoms with E-state index in [-0.39, 0.29) is 23.1 Å². The van der Waals surface area contributed by atoms with Crippen LogP contribution in [0, 0.1) is 0 Å². The number of imidazole rings is 1. The van der Waals surface area contributed by atoms with Gasteiger partial charge < -0.3 is 15.2 Å². The number of hydrogen-bond acceptors (Lipinski definition) is 4. The van der Waals surface area contributed by atoms with Crippen molar-refractivity contribution in [3.05, 3.63) is 52.4 Å². The van der Waals surface area contributed by atoms with Crippen LogP contribution in [0.1, 0.15) is 24.2 Å². The summed E-state index contributed by atoms with van der Waals surface area (Å²) < 4.78 is 8.85. The molecule has 0 spiro atoms. The molecular formula is C19H21N3O4. The number of phenols is 1. The molecule has 0 aliphatic heterocycles. The number of benzene rings is 2. The number of hydrogen-bond donors (Lipinski definition) is 2. The Balaban J connectivity index is 2.11. The van der Waals surface area contributed by atoms with Gasteiger partial charge in [-0.2, -0.15) is 0 Å². The van der Waals surface area contributed by atoms with Gasteiger partial charge in [-0.1, -0.05) is 12.1 Å². The van der Waals surface area contributed by atoms with Crippen LogP contribution in [0.25, 0.3) is 11.0 Å². The first kappa shape index (κ1) is 17.6. The monoisotopic (exact) mass is 355 g/mol. The topological polar surface area (TPSA) is 85.5 Å². The number of aromatic nitrogens is 2. The number of rotatable bonds is 4. The molecule has 0 saturated carbocycles. The number of nitrogens with zero attached hydrogens (tertiary/aromatic N) is 2. The molecule has 26 heavy (non-hydrogen) atoms. The fourth-order valence-corrected chi connectivity index (χ4v) is 2.83. The fraction of sp³-hybridized carbons (Fsp3) is 0.263. The highest BCUT2D eigenvalue weighted by atomic mass is 16.5. The molecule has 2 aromatic carbocycles. The fourth-order valence-electron chi connectivity index (χ4n) is 2.83. The summed E-state index contributed by atoms with van der Waals surface area (Å²) in [5, 5.41) is 12.7. The highest BCUT2D eigenvalue weighted by Gasteiger charge is 2.18. The molecule has 0 aliphatic rings. The molecule has 0 saturated heterocycles. The van der Waals surface area contributed by atoms with Crippen molar-refractivity contribution in [1.29, 1.82) is 0 Å². The number of amides is 1. The minimum absolute atomic E-state index is 0.107. The van der Waals surface area contributed by atoms with E-state index in [4.69, 9.17) is 4.74 Å². The first-order valence-electron chi connectivity index (χ1n) is 8.25. The zero-order valence-corrected chi connectivity index (χ0v) is 15.1. The number of nitrogens with one attached hydrogen (secondary N) is 1. The van der Waals surface area contributed by atoms with Crippen LogP contribution in [0.2, 0.25) is 0 Å². The summed E-state index contributed by atoms with van der Waals surface area (Å²) in [6.45, 7) is 3.76. The quantitative estimate of drug-likeness (QED) is 0.753. The van der Waals surface area contributed by atoms with Gasteiger partial charge in [-0.25, -0.2) is 4.79 Å². The van der Waals surface area contributed by atoms with Crippen molar-refractivity contribution in [1.82, 2.24) is 9.13 Å². The second kappa shape index (κ2) is 6.59. The molecular weight excluding hydrogens is 334 g/mol. The first-order chi connectivity index (χ1) is 12.3. The lowest BCUT2D eigenvalue weighted by molar-refractivity contribution is 0.102. The average Bonchev–Trinajstić information content (AvgIpc) is 2.79. The van der Waals surface area contributed by atoms with Crippen LogP contribution in [0.5, 0.6) is 11.5 Å². The van der Waals surface area contributed by atoms with Crippen molar-refractivity contribution in [2.75, 3.05) is 5.32 Å². The van der Waals surface area contributed by atoms with Crippen molar-refractivity contribution in [3.63, 3.8) is 0 Å². The molecule has 0 bridgehead atoms. The van der Waals surface area contributed by atoms with E-state index >= 15 is 0 Å². The van der Waals surface area contributed by atoms with Gasteiger partial charge in [0, 0.05) is 20.2 Å². The molecule has 2 N–H and O–H groups in total. The van der Waals surface area contributed by atoms with Crippen LogP contribution >= 0.6 is 0 Å². The lowest BCUT2D eigenvalue weighted by atomic mass is 10.1. The highest BCUT2D eigenvalue weighted by Crippen LogP contribution is 2.31. The van der Waals surface area contributed by atoms with Gasteiger partial charge in [0.2, 0.25) is 0 Å². The van der Waals surface area contributed by atoms with E-state index in [1.54, 1.807) is 38.4 Å². The summed E-state index contributed by atoms with van der Waals surface area (Å²) in [5.74, 6) is -0.112. The number of carbonyl (C=O) groups is 1. The first-order valence-corrected chi connectivity index (χ1v) is 8.25. The van der Waals surface area contributed by atoms with Crippen molar-refractivity contribution < 1.29 is 14.6 Å². The summed E-state index contributed by atoms with van der Waals surface area (Å²) >= 11 is 0. The Morgan fingerprint density at radius 1 is 1.12 bits per heavy atom. The maximum absolute atomic E-state index is 12.6. The van der Waals surface area contributed by atoms with Gasteiger partial charge in [0.15, 0.2) is 0 Å². The molecule has 0 unspecified atom stereocenters. The Labute approximate surface area is 150 Å². The second-order valence-corrected chi connectivity index (χ2v) is 6.38. The molecule has 0 radical (unpaired) electrons. The summed E-state index contributed by atoms with van der Waals surface area (Å²) in [6, 6.07) is 9.73. The van der Waals surface area contributed by atoms with E-state index in [1.165, 1.54) is 21.3 Å². The van der Waals surface area contributed by atoms with E-state index in [0.29, 0.717) is 22.5 Å².